The number of rotatable bonds is 15. The van der Waals surface area contributed by atoms with E-state index in [1.807, 2.05) is 42.6 Å². The molecule has 0 saturated carbocycles. The number of nitrogens with zero attached hydrogens (tertiary/aromatic N) is 3. The van der Waals surface area contributed by atoms with Gasteiger partial charge in [0.05, 0.1) is 12.3 Å². The van der Waals surface area contributed by atoms with Crippen LogP contribution in [0, 0.1) is 11.5 Å². The van der Waals surface area contributed by atoms with E-state index < -0.39 is 0 Å². The highest BCUT2D eigenvalue weighted by Crippen LogP contribution is 2.16. The molecule has 4 N–H and O–H groups in total. The van der Waals surface area contributed by atoms with Crippen molar-refractivity contribution in [1.29, 1.82) is 5.26 Å². The number of hydrogen-bond acceptors (Lipinski definition) is 6. The lowest BCUT2D eigenvalue weighted by molar-refractivity contribution is -0.727. The summed E-state index contributed by atoms with van der Waals surface area (Å²) in [5.74, 6) is 0.973. The first-order valence-corrected chi connectivity index (χ1v) is 12.2. The van der Waals surface area contributed by atoms with E-state index in [1.165, 1.54) is 0 Å². The van der Waals surface area contributed by atoms with Gasteiger partial charge >= 0.3 is 5.97 Å². The van der Waals surface area contributed by atoms with Gasteiger partial charge in [0.15, 0.2) is 18.6 Å². The number of aliphatic imine (C=N–C) groups is 1. The molecule has 188 valence electrons. The second kappa shape index (κ2) is 17.1. The Morgan fingerprint density at radius 2 is 1.80 bits per heavy atom. The number of unbranched alkanes of at least 4 members (excludes halogenated alkanes) is 4. The van der Waals surface area contributed by atoms with E-state index in [4.69, 9.17) is 32.1 Å². The lowest BCUT2D eigenvalue weighted by atomic mass is 10.2. The smallest absolute Gasteiger partial charge is 0.310 e. The normalized spacial score (nSPS) is 10.9. The summed E-state index contributed by atoms with van der Waals surface area (Å²) in [6, 6.07) is 11.0. The Morgan fingerprint density at radius 3 is 2.51 bits per heavy atom. The summed E-state index contributed by atoms with van der Waals surface area (Å²) in [5, 5.41) is 15.4. The number of halogens is 1. The number of esters is 1. The van der Waals surface area contributed by atoms with Gasteiger partial charge in [0.2, 0.25) is 5.96 Å². The first-order valence-electron chi connectivity index (χ1n) is 11.8. The van der Waals surface area contributed by atoms with Crippen molar-refractivity contribution in [1.82, 2.24) is 5.32 Å². The Balaban J connectivity index is 1.64. The van der Waals surface area contributed by atoms with E-state index in [1.54, 1.807) is 17.0 Å². The van der Waals surface area contributed by atoms with Crippen molar-refractivity contribution in [2.45, 2.75) is 51.7 Å². The highest BCUT2D eigenvalue weighted by molar-refractivity contribution is 6.30. The first-order chi connectivity index (χ1) is 17.1. The van der Waals surface area contributed by atoms with Gasteiger partial charge < -0.3 is 20.5 Å². The van der Waals surface area contributed by atoms with Crippen LogP contribution >= 0.6 is 11.6 Å². The molecule has 1 aromatic heterocycles. The molecule has 10 heteroatoms. The minimum atomic E-state index is -0.241. The van der Waals surface area contributed by atoms with Crippen LogP contribution in [-0.4, -0.2) is 31.6 Å². The zero-order valence-corrected chi connectivity index (χ0v) is 20.7. The lowest BCUT2D eigenvalue weighted by Crippen LogP contribution is -2.35. The third-order valence-corrected chi connectivity index (χ3v) is 5.19. The third-order valence-electron chi connectivity index (χ3n) is 4.94. The second-order valence-electron chi connectivity index (χ2n) is 7.80. The Kier molecular flexibility index (Phi) is 13.7. The molecule has 0 atom stereocenters. The van der Waals surface area contributed by atoms with Crippen LogP contribution in [-0.2, 0) is 16.3 Å². The Hall–Kier alpha value is -3.35. The highest BCUT2D eigenvalue weighted by atomic mass is 35.5. The summed E-state index contributed by atoms with van der Waals surface area (Å²) in [6.07, 6.45) is 11.3. The zero-order valence-electron chi connectivity index (χ0n) is 19.9. The van der Waals surface area contributed by atoms with Crippen LogP contribution in [0.5, 0.6) is 5.75 Å². The predicted molar refractivity (Wildman–Crippen MR) is 136 cm³/mol. The topological polar surface area (TPSA) is 126 Å². The van der Waals surface area contributed by atoms with E-state index in [-0.39, 0.29) is 12.7 Å². The van der Waals surface area contributed by atoms with Crippen LogP contribution in [0.2, 0.25) is 5.02 Å². The average Bonchev–Trinajstić information content (AvgIpc) is 2.86. The maximum Gasteiger partial charge on any atom is 0.310 e. The molecule has 2 aromatic rings. The number of anilines is 1. The number of guanidine groups is 1. The van der Waals surface area contributed by atoms with Crippen LogP contribution < -0.4 is 25.7 Å². The van der Waals surface area contributed by atoms with Gasteiger partial charge in [0, 0.05) is 30.1 Å². The maximum absolute atomic E-state index is 11.7. The third kappa shape index (κ3) is 12.6. The molecule has 0 spiro atoms. The summed E-state index contributed by atoms with van der Waals surface area (Å²) >= 11 is 5.86. The van der Waals surface area contributed by atoms with Gasteiger partial charge in [-0.05, 0) is 62.9 Å². The highest BCUT2D eigenvalue weighted by Gasteiger charge is 2.07. The van der Waals surface area contributed by atoms with Gasteiger partial charge in [0.1, 0.15) is 5.75 Å². The largest absolute Gasteiger partial charge is 0.494 e. The first kappa shape index (κ1) is 27.9. The van der Waals surface area contributed by atoms with Crippen molar-refractivity contribution < 1.29 is 18.8 Å². The number of hydrogen-bond donors (Lipinski definition) is 3. The van der Waals surface area contributed by atoms with Crippen molar-refractivity contribution in [2.75, 3.05) is 25.0 Å². The average molecular weight is 502 g/mol. The standard InChI is InChI=1S/C25H33ClN6O3/c26-21-8-10-23(11-9-21)34-18-6-2-1-5-15-29-25(30-19-28)31-22-12-16-32(17-13-22)20-35-24(33)7-3-4-14-27/h8-13,16-17H,1-7,14-15,18,20,27H2,(H,29,30)/p+1. The molecule has 0 amide bonds. The number of pyridine rings is 1. The minimum Gasteiger partial charge on any atom is -0.494 e. The van der Waals surface area contributed by atoms with Crippen molar-refractivity contribution >= 4 is 29.2 Å². The fourth-order valence-electron chi connectivity index (χ4n) is 3.04. The van der Waals surface area contributed by atoms with E-state index in [0.717, 1.165) is 50.0 Å². The molecule has 0 aliphatic carbocycles. The monoisotopic (exact) mass is 501 g/mol. The number of carbonyl (C=O) groups is 1. The van der Waals surface area contributed by atoms with Crippen LogP contribution in [0.25, 0.3) is 0 Å². The van der Waals surface area contributed by atoms with Gasteiger partial charge in [0.25, 0.3) is 6.73 Å². The molecular formula is C25H34ClN6O3+. The van der Waals surface area contributed by atoms with Gasteiger partial charge in [-0.25, -0.2) is 0 Å². The number of carbonyl (C=O) groups excluding carboxylic acids is 1. The van der Waals surface area contributed by atoms with Crippen molar-refractivity contribution in [2.24, 2.45) is 10.7 Å². The lowest BCUT2D eigenvalue weighted by Gasteiger charge is -2.08. The summed E-state index contributed by atoms with van der Waals surface area (Å²) < 4.78 is 12.7. The van der Waals surface area contributed by atoms with Gasteiger partial charge in [-0.1, -0.05) is 18.0 Å². The van der Waals surface area contributed by atoms with Gasteiger partial charge in [-0.2, -0.15) is 9.83 Å². The van der Waals surface area contributed by atoms with E-state index in [0.29, 0.717) is 37.1 Å². The SMILES string of the molecule is N#CNC(=NCCCCCCOc1ccc(Cl)cc1)Nc1cc[n+](COC(=O)CCCCN)cc1. The molecule has 0 fully saturated rings. The van der Waals surface area contributed by atoms with Crippen LogP contribution in [0.1, 0.15) is 44.9 Å². The number of benzene rings is 1. The summed E-state index contributed by atoms with van der Waals surface area (Å²) in [4.78, 5) is 16.1. The van der Waals surface area contributed by atoms with Gasteiger partial charge in [-0.15, -0.1) is 0 Å². The summed E-state index contributed by atoms with van der Waals surface area (Å²) in [5.41, 5.74) is 6.18. The fraction of sp³-hybridized carbons (Fsp3) is 0.440. The van der Waals surface area contributed by atoms with Crippen molar-refractivity contribution in [3.8, 4) is 11.9 Å². The molecule has 35 heavy (non-hydrogen) atoms. The minimum absolute atomic E-state index is 0.143. The molecule has 0 radical (unpaired) electrons. The Morgan fingerprint density at radius 1 is 1.06 bits per heavy atom. The predicted octanol–water partition coefficient (Wildman–Crippen LogP) is 3.74. The molecule has 1 aromatic carbocycles. The number of nitrogens with two attached hydrogens (primary N) is 1. The van der Waals surface area contributed by atoms with Gasteiger partial charge in [-0.3, -0.25) is 15.1 Å². The van der Waals surface area contributed by atoms with Crippen molar-refractivity contribution in [3.63, 3.8) is 0 Å². The van der Waals surface area contributed by atoms with E-state index >= 15 is 0 Å². The second-order valence-corrected chi connectivity index (χ2v) is 8.24. The number of aromatic nitrogens is 1. The Bertz CT molecular complexity index is 945. The molecule has 2 rings (SSSR count). The maximum atomic E-state index is 11.7. The molecular weight excluding hydrogens is 468 g/mol. The quantitative estimate of drug-likeness (QED) is 0.0645. The number of ether oxygens (including phenoxy) is 2. The summed E-state index contributed by atoms with van der Waals surface area (Å²) in [7, 11) is 0. The number of nitrogens with one attached hydrogen (secondary N) is 2. The van der Waals surface area contributed by atoms with E-state index in [2.05, 4.69) is 15.6 Å². The molecule has 0 saturated heterocycles. The summed E-state index contributed by atoms with van der Waals surface area (Å²) in [6.45, 7) is 1.98. The van der Waals surface area contributed by atoms with E-state index in [9.17, 15) is 4.79 Å². The van der Waals surface area contributed by atoms with Crippen LogP contribution in [0.3, 0.4) is 0 Å². The molecule has 0 bridgehead atoms. The molecule has 0 unspecified atom stereocenters. The molecule has 1 heterocycles. The van der Waals surface area contributed by atoms with Crippen molar-refractivity contribution in [3.05, 3.63) is 53.8 Å². The van der Waals surface area contributed by atoms with Crippen LogP contribution in [0.15, 0.2) is 53.8 Å². The van der Waals surface area contributed by atoms with Crippen LogP contribution in [0.4, 0.5) is 5.69 Å². The molecule has 9 nitrogen and oxygen atoms in total. The molecule has 0 aliphatic rings. The zero-order chi connectivity index (χ0) is 25.1. The molecule has 0 aliphatic heterocycles. The number of nitriles is 1. The Labute approximate surface area is 211 Å². The fourth-order valence-corrected chi connectivity index (χ4v) is 3.16.